The molecule has 0 aromatic heterocycles. The van der Waals surface area contributed by atoms with Crippen molar-refractivity contribution in [3.05, 3.63) is 59.7 Å². The second-order valence-electron chi connectivity index (χ2n) is 6.70. The summed E-state index contributed by atoms with van der Waals surface area (Å²) >= 11 is 0. The number of nitrogens with one attached hydrogen (secondary N) is 3. The molecule has 2 aromatic rings. The van der Waals surface area contributed by atoms with Crippen LogP contribution in [0.3, 0.4) is 0 Å². The summed E-state index contributed by atoms with van der Waals surface area (Å²) in [5.41, 5.74) is 1.90. The van der Waals surface area contributed by atoms with E-state index in [0.29, 0.717) is 29.8 Å². The van der Waals surface area contributed by atoms with Crippen LogP contribution in [-0.4, -0.2) is 37.6 Å². The Kier molecular flexibility index (Phi) is 5.88. The first-order valence-corrected chi connectivity index (χ1v) is 9.09. The van der Waals surface area contributed by atoms with E-state index in [-0.39, 0.29) is 11.8 Å². The highest BCUT2D eigenvalue weighted by Gasteiger charge is 2.39. The number of hydrogen-bond donors (Lipinski definition) is 3. The molecule has 3 N–H and O–H groups in total. The van der Waals surface area contributed by atoms with Gasteiger partial charge in [-0.2, -0.15) is 0 Å². The van der Waals surface area contributed by atoms with E-state index in [4.69, 9.17) is 4.74 Å². The maximum absolute atomic E-state index is 12.9. The summed E-state index contributed by atoms with van der Waals surface area (Å²) < 4.78 is 5.58. The van der Waals surface area contributed by atoms with Gasteiger partial charge in [-0.05, 0) is 62.7 Å². The fourth-order valence-corrected chi connectivity index (χ4v) is 3.28. The number of hydrogen-bond acceptors (Lipinski definition) is 4. The molecular formula is C21H25N3O3. The molecule has 2 amide bonds. The number of carbonyl (C=O) groups excluding carboxylic acids is 2. The van der Waals surface area contributed by atoms with Crippen LogP contribution in [0, 0.1) is 6.92 Å². The van der Waals surface area contributed by atoms with E-state index in [1.807, 2.05) is 43.3 Å². The second kappa shape index (κ2) is 8.33. The first-order valence-electron chi connectivity index (χ1n) is 9.09. The molecule has 0 aliphatic carbocycles. The Morgan fingerprint density at radius 1 is 0.963 bits per heavy atom. The molecule has 3 rings (SSSR count). The van der Waals surface area contributed by atoms with Crippen LogP contribution in [0.1, 0.15) is 28.8 Å². The van der Waals surface area contributed by atoms with Crippen molar-refractivity contribution in [3.8, 4) is 0 Å². The molecular weight excluding hydrogens is 342 g/mol. The Labute approximate surface area is 159 Å². The summed E-state index contributed by atoms with van der Waals surface area (Å²) in [5, 5.41) is 9.14. The van der Waals surface area contributed by atoms with Gasteiger partial charge in [0.2, 0.25) is 0 Å². The van der Waals surface area contributed by atoms with E-state index in [2.05, 4.69) is 16.0 Å². The minimum Gasteiger partial charge on any atom is -0.368 e. The van der Waals surface area contributed by atoms with Gasteiger partial charge in [0, 0.05) is 24.0 Å². The Balaban J connectivity index is 1.76. The predicted molar refractivity (Wildman–Crippen MR) is 106 cm³/mol. The maximum Gasteiger partial charge on any atom is 0.256 e. The lowest BCUT2D eigenvalue weighted by Gasteiger charge is -2.35. The average Bonchev–Trinajstić information content (AvgIpc) is 2.72. The highest BCUT2D eigenvalue weighted by molar-refractivity contribution is 6.05. The second-order valence-corrected chi connectivity index (χ2v) is 6.70. The van der Waals surface area contributed by atoms with E-state index in [9.17, 15) is 9.59 Å². The molecule has 142 valence electrons. The minimum absolute atomic E-state index is 0.152. The topological polar surface area (TPSA) is 79.5 Å². The van der Waals surface area contributed by atoms with Gasteiger partial charge in [0.15, 0.2) is 0 Å². The zero-order valence-electron chi connectivity index (χ0n) is 15.7. The Hall–Kier alpha value is -2.70. The lowest BCUT2D eigenvalue weighted by molar-refractivity contribution is -0.140. The number of piperidine rings is 1. The third kappa shape index (κ3) is 4.18. The van der Waals surface area contributed by atoms with E-state index in [1.165, 1.54) is 0 Å². The molecule has 1 aliphatic rings. The van der Waals surface area contributed by atoms with Crippen molar-refractivity contribution in [2.75, 3.05) is 30.8 Å². The molecule has 6 heteroatoms. The van der Waals surface area contributed by atoms with Crippen molar-refractivity contribution in [2.24, 2.45) is 0 Å². The van der Waals surface area contributed by atoms with Gasteiger partial charge in [0.25, 0.3) is 11.8 Å². The Bertz CT molecular complexity index is 815. The molecule has 27 heavy (non-hydrogen) atoms. The largest absolute Gasteiger partial charge is 0.368 e. The van der Waals surface area contributed by atoms with Crippen LogP contribution in [0.2, 0.25) is 0 Å². The fraction of sp³-hybridized carbons (Fsp3) is 0.333. The first kappa shape index (κ1) is 19.1. The number of benzene rings is 2. The zero-order valence-corrected chi connectivity index (χ0v) is 15.7. The number of methoxy groups -OCH3 is 1. The van der Waals surface area contributed by atoms with Crippen LogP contribution < -0.4 is 16.0 Å². The lowest BCUT2D eigenvalue weighted by atomic mass is 9.91. The third-order valence-electron chi connectivity index (χ3n) is 5.08. The van der Waals surface area contributed by atoms with Crippen molar-refractivity contribution in [1.29, 1.82) is 0 Å². The van der Waals surface area contributed by atoms with Gasteiger partial charge in [-0.3, -0.25) is 9.59 Å². The summed E-state index contributed by atoms with van der Waals surface area (Å²) in [7, 11) is 1.58. The molecule has 2 aromatic carbocycles. The molecule has 1 saturated heterocycles. The van der Waals surface area contributed by atoms with Gasteiger partial charge in [-0.25, -0.2) is 0 Å². The highest BCUT2D eigenvalue weighted by Crippen LogP contribution is 2.28. The first-order chi connectivity index (χ1) is 13.1. The monoisotopic (exact) mass is 367 g/mol. The third-order valence-corrected chi connectivity index (χ3v) is 5.08. The Morgan fingerprint density at radius 3 is 2.22 bits per heavy atom. The SMILES string of the molecule is COC1(C(=O)Nc2cccc(NC(=O)c3ccccc3)c2C)CCNCC1. The summed E-state index contributed by atoms with van der Waals surface area (Å²) in [6, 6.07) is 14.5. The van der Waals surface area contributed by atoms with Crippen molar-refractivity contribution in [3.63, 3.8) is 0 Å². The molecule has 0 bridgehead atoms. The van der Waals surface area contributed by atoms with Crippen LogP contribution in [0.4, 0.5) is 11.4 Å². The molecule has 0 radical (unpaired) electrons. The number of anilines is 2. The van der Waals surface area contributed by atoms with Gasteiger partial charge in [-0.1, -0.05) is 24.3 Å². The van der Waals surface area contributed by atoms with Crippen molar-refractivity contribution in [1.82, 2.24) is 5.32 Å². The van der Waals surface area contributed by atoms with E-state index in [1.54, 1.807) is 19.2 Å². The Morgan fingerprint density at radius 2 is 1.59 bits per heavy atom. The summed E-state index contributed by atoms with van der Waals surface area (Å²) in [4.78, 5) is 25.3. The predicted octanol–water partition coefficient (Wildman–Crippen LogP) is 2.95. The molecule has 1 aliphatic heterocycles. The molecule has 6 nitrogen and oxygen atoms in total. The zero-order chi connectivity index (χ0) is 19.3. The van der Waals surface area contributed by atoms with Crippen LogP contribution in [-0.2, 0) is 9.53 Å². The number of rotatable bonds is 5. The minimum atomic E-state index is -0.818. The van der Waals surface area contributed by atoms with Gasteiger partial charge < -0.3 is 20.7 Å². The summed E-state index contributed by atoms with van der Waals surface area (Å²) in [6.45, 7) is 3.36. The van der Waals surface area contributed by atoms with Crippen molar-refractivity contribution < 1.29 is 14.3 Å². The molecule has 1 heterocycles. The quantitative estimate of drug-likeness (QED) is 0.759. The van der Waals surface area contributed by atoms with Gasteiger partial charge >= 0.3 is 0 Å². The molecule has 1 fully saturated rings. The van der Waals surface area contributed by atoms with Gasteiger partial charge in [-0.15, -0.1) is 0 Å². The van der Waals surface area contributed by atoms with Crippen molar-refractivity contribution in [2.45, 2.75) is 25.4 Å². The molecule has 0 spiro atoms. The highest BCUT2D eigenvalue weighted by atomic mass is 16.5. The molecule has 0 saturated carbocycles. The molecule has 0 unspecified atom stereocenters. The maximum atomic E-state index is 12.9. The van der Waals surface area contributed by atoms with Crippen LogP contribution in [0.15, 0.2) is 48.5 Å². The van der Waals surface area contributed by atoms with Crippen LogP contribution >= 0.6 is 0 Å². The normalized spacial score (nSPS) is 15.8. The van der Waals surface area contributed by atoms with Gasteiger partial charge in [0.05, 0.1) is 0 Å². The summed E-state index contributed by atoms with van der Waals surface area (Å²) in [6.07, 6.45) is 1.25. The summed E-state index contributed by atoms with van der Waals surface area (Å²) in [5.74, 6) is -0.338. The standard InChI is InChI=1S/C21H25N3O3/c1-15-17(23-19(25)16-7-4-3-5-8-16)9-6-10-18(15)24-20(26)21(27-2)11-13-22-14-12-21/h3-10,22H,11-14H2,1-2H3,(H,23,25)(H,24,26). The van der Waals surface area contributed by atoms with E-state index >= 15 is 0 Å². The molecule has 0 atom stereocenters. The number of amides is 2. The number of carbonyl (C=O) groups is 2. The van der Waals surface area contributed by atoms with Crippen LogP contribution in [0.25, 0.3) is 0 Å². The fourth-order valence-electron chi connectivity index (χ4n) is 3.28. The smallest absolute Gasteiger partial charge is 0.256 e. The van der Waals surface area contributed by atoms with Gasteiger partial charge in [0.1, 0.15) is 5.60 Å². The van der Waals surface area contributed by atoms with E-state index < -0.39 is 5.60 Å². The number of ether oxygens (including phenoxy) is 1. The average molecular weight is 367 g/mol. The van der Waals surface area contributed by atoms with Crippen LogP contribution in [0.5, 0.6) is 0 Å². The van der Waals surface area contributed by atoms with E-state index in [0.717, 1.165) is 18.7 Å². The lowest BCUT2D eigenvalue weighted by Crippen LogP contribution is -2.51. The van der Waals surface area contributed by atoms with Crippen molar-refractivity contribution >= 4 is 23.2 Å².